The van der Waals surface area contributed by atoms with E-state index >= 15 is 0 Å². The zero-order valence-electron chi connectivity index (χ0n) is 21.4. The maximum atomic E-state index is 13.8. The van der Waals surface area contributed by atoms with Crippen molar-refractivity contribution in [2.24, 2.45) is 0 Å². The zero-order valence-corrected chi connectivity index (χ0v) is 21.4. The van der Waals surface area contributed by atoms with Gasteiger partial charge in [0.25, 0.3) is 5.91 Å². The molecule has 0 atom stereocenters. The quantitative estimate of drug-likeness (QED) is 0.419. The smallest absolute Gasteiger partial charge is 0.258 e. The summed E-state index contributed by atoms with van der Waals surface area (Å²) in [7, 11) is 6.62. The molecule has 0 radical (unpaired) electrons. The number of likely N-dealkylation sites (tertiary alicyclic amines) is 1. The first-order valence-corrected chi connectivity index (χ1v) is 12.1. The summed E-state index contributed by atoms with van der Waals surface area (Å²) < 4.78 is 21.7. The molecule has 4 rings (SSSR count). The number of amides is 1. The highest BCUT2D eigenvalue weighted by Crippen LogP contribution is 2.31. The maximum Gasteiger partial charge on any atom is 0.258 e. The van der Waals surface area contributed by atoms with Crippen molar-refractivity contribution in [1.82, 2.24) is 4.90 Å². The van der Waals surface area contributed by atoms with Crippen LogP contribution < -0.4 is 23.8 Å². The van der Waals surface area contributed by atoms with Gasteiger partial charge in [-0.25, -0.2) is 0 Å². The van der Waals surface area contributed by atoms with E-state index in [4.69, 9.17) is 18.9 Å². The topological polar surface area (TPSA) is 60.5 Å². The predicted octanol–water partition coefficient (Wildman–Crippen LogP) is 5.03. The third kappa shape index (κ3) is 5.74. The van der Waals surface area contributed by atoms with Crippen LogP contribution in [-0.4, -0.2) is 58.4 Å². The fourth-order valence-corrected chi connectivity index (χ4v) is 4.71. The van der Waals surface area contributed by atoms with Gasteiger partial charge in [-0.1, -0.05) is 6.07 Å². The maximum absolute atomic E-state index is 13.8. The molecule has 0 bridgehead atoms. The molecule has 0 aliphatic carbocycles. The van der Waals surface area contributed by atoms with E-state index in [-0.39, 0.29) is 11.9 Å². The van der Waals surface area contributed by atoms with Crippen molar-refractivity contribution in [3.05, 3.63) is 77.9 Å². The van der Waals surface area contributed by atoms with Gasteiger partial charge in [-0.3, -0.25) is 9.69 Å². The number of piperidine rings is 1. The van der Waals surface area contributed by atoms with Gasteiger partial charge < -0.3 is 23.8 Å². The molecule has 1 amide bonds. The third-order valence-electron chi connectivity index (χ3n) is 6.69. The van der Waals surface area contributed by atoms with Crippen molar-refractivity contribution in [3.63, 3.8) is 0 Å². The Bertz CT molecular complexity index is 1160. The number of carbonyl (C=O) groups excluding carboxylic acids is 1. The molecule has 1 aliphatic rings. The average Bonchev–Trinajstić information content (AvgIpc) is 2.94. The Morgan fingerprint density at radius 1 is 0.806 bits per heavy atom. The van der Waals surface area contributed by atoms with Crippen molar-refractivity contribution in [3.8, 4) is 23.0 Å². The highest BCUT2D eigenvalue weighted by Gasteiger charge is 2.30. The summed E-state index contributed by atoms with van der Waals surface area (Å²) in [5, 5.41) is 0. The Hall–Kier alpha value is -3.71. The first-order chi connectivity index (χ1) is 17.6. The normalized spacial score (nSPS) is 14.2. The van der Waals surface area contributed by atoms with Crippen LogP contribution in [0.15, 0.2) is 66.7 Å². The van der Waals surface area contributed by atoms with Crippen molar-refractivity contribution < 1.29 is 23.7 Å². The first-order valence-electron chi connectivity index (χ1n) is 12.1. The van der Waals surface area contributed by atoms with Crippen LogP contribution in [0.2, 0.25) is 0 Å². The lowest BCUT2D eigenvalue weighted by molar-refractivity contribution is 0.0958. The molecule has 3 aromatic rings. The molecule has 190 valence electrons. The molecule has 1 saturated heterocycles. The number of rotatable bonds is 9. The number of anilines is 1. The second-order valence-corrected chi connectivity index (χ2v) is 8.79. The monoisotopic (exact) mass is 490 g/mol. The molecule has 0 saturated carbocycles. The zero-order chi connectivity index (χ0) is 25.5. The molecule has 1 fully saturated rings. The lowest BCUT2D eigenvalue weighted by atomic mass is 10.00. The number of hydrogen-bond donors (Lipinski definition) is 0. The van der Waals surface area contributed by atoms with Gasteiger partial charge in [-0.2, -0.15) is 0 Å². The van der Waals surface area contributed by atoms with E-state index in [1.807, 2.05) is 71.6 Å². The summed E-state index contributed by atoms with van der Waals surface area (Å²) in [5.74, 6) is 3.09. The number of hydrogen-bond acceptors (Lipinski definition) is 6. The summed E-state index contributed by atoms with van der Waals surface area (Å²) in [4.78, 5) is 18.1. The van der Waals surface area contributed by atoms with Crippen LogP contribution in [0.4, 0.5) is 5.69 Å². The summed E-state index contributed by atoms with van der Waals surface area (Å²) in [6.45, 7) is 2.49. The van der Waals surface area contributed by atoms with E-state index in [0.717, 1.165) is 66.7 Å². The van der Waals surface area contributed by atoms with E-state index in [1.165, 1.54) is 0 Å². The van der Waals surface area contributed by atoms with E-state index in [9.17, 15) is 4.79 Å². The number of benzene rings is 3. The molecule has 1 aliphatic heterocycles. The summed E-state index contributed by atoms with van der Waals surface area (Å²) in [6.07, 6.45) is 1.71. The van der Waals surface area contributed by atoms with E-state index in [0.29, 0.717) is 5.56 Å². The van der Waals surface area contributed by atoms with Crippen LogP contribution in [0, 0.1) is 0 Å². The van der Waals surface area contributed by atoms with E-state index in [2.05, 4.69) is 4.90 Å². The number of methoxy groups -OCH3 is 4. The molecule has 0 N–H and O–H groups in total. The number of ether oxygens (including phenoxy) is 4. The van der Waals surface area contributed by atoms with Gasteiger partial charge in [-0.05, 0) is 67.4 Å². The standard InChI is InChI=1S/C29H34N2O5/c1-33-25-10-8-21(9-11-25)29(32)31(24-6-5-7-26(19-24)34-2)23-14-16-30(17-15-23)20-22-18-27(35-3)12-13-28(22)36-4/h5-13,18-19,23H,14-17,20H2,1-4H3. The Morgan fingerprint density at radius 3 is 2.08 bits per heavy atom. The molecule has 7 nitrogen and oxygen atoms in total. The molecule has 7 heteroatoms. The Kier molecular flexibility index (Phi) is 8.33. The molecule has 0 aromatic heterocycles. The van der Waals surface area contributed by atoms with E-state index < -0.39 is 0 Å². The minimum atomic E-state index is -0.0289. The number of nitrogens with zero attached hydrogens (tertiary/aromatic N) is 2. The minimum absolute atomic E-state index is 0.0289. The number of carbonyl (C=O) groups is 1. The Balaban J connectivity index is 1.54. The van der Waals surface area contributed by atoms with Crippen LogP contribution >= 0.6 is 0 Å². The Morgan fingerprint density at radius 2 is 1.44 bits per heavy atom. The van der Waals surface area contributed by atoms with Crippen molar-refractivity contribution in [2.45, 2.75) is 25.4 Å². The molecular weight excluding hydrogens is 456 g/mol. The van der Waals surface area contributed by atoms with Crippen LogP contribution in [0.3, 0.4) is 0 Å². The van der Waals surface area contributed by atoms with Gasteiger partial charge in [0, 0.05) is 48.6 Å². The summed E-state index contributed by atoms with van der Waals surface area (Å²) >= 11 is 0. The van der Waals surface area contributed by atoms with Crippen molar-refractivity contribution in [2.75, 3.05) is 46.4 Å². The lowest BCUT2D eigenvalue weighted by Crippen LogP contribution is -2.47. The largest absolute Gasteiger partial charge is 0.497 e. The van der Waals surface area contributed by atoms with Gasteiger partial charge in [0.1, 0.15) is 23.0 Å². The second-order valence-electron chi connectivity index (χ2n) is 8.79. The van der Waals surface area contributed by atoms with E-state index in [1.54, 1.807) is 28.4 Å². The third-order valence-corrected chi connectivity index (χ3v) is 6.69. The van der Waals surface area contributed by atoms with Gasteiger partial charge in [0.15, 0.2) is 0 Å². The predicted molar refractivity (Wildman–Crippen MR) is 141 cm³/mol. The van der Waals surface area contributed by atoms with Gasteiger partial charge in [0.05, 0.1) is 28.4 Å². The molecule has 1 heterocycles. The second kappa shape index (κ2) is 11.8. The van der Waals surface area contributed by atoms with Gasteiger partial charge >= 0.3 is 0 Å². The molecule has 0 spiro atoms. The Labute approximate surface area is 213 Å². The van der Waals surface area contributed by atoms with Gasteiger partial charge in [0.2, 0.25) is 0 Å². The average molecular weight is 491 g/mol. The highest BCUT2D eigenvalue weighted by molar-refractivity contribution is 6.06. The van der Waals surface area contributed by atoms with Crippen LogP contribution in [0.1, 0.15) is 28.8 Å². The molecular formula is C29H34N2O5. The fraction of sp³-hybridized carbons (Fsp3) is 0.345. The SMILES string of the molecule is COc1ccc(C(=O)N(c2cccc(OC)c2)C2CCN(Cc3cc(OC)ccc3OC)CC2)cc1. The lowest BCUT2D eigenvalue weighted by Gasteiger charge is -2.39. The van der Waals surface area contributed by atoms with Crippen LogP contribution in [0.25, 0.3) is 0 Å². The van der Waals surface area contributed by atoms with Crippen LogP contribution in [-0.2, 0) is 6.54 Å². The summed E-state index contributed by atoms with van der Waals surface area (Å²) in [6, 6.07) is 20.9. The molecule has 36 heavy (non-hydrogen) atoms. The van der Waals surface area contributed by atoms with Crippen LogP contribution in [0.5, 0.6) is 23.0 Å². The molecule has 0 unspecified atom stereocenters. The fourth-order valence-electron chi connectivity index (χ4n) is 4.71. The summed E-state index contributed by atoms with van der Waals surface area (Å²) in [5.41, 5.74) is 2.56. The molecule has 3 aromatic carbocycles. The highest BCUT2D eigenvalue weighted by atomic mass is 16.5. The minimum Gasteiger partial charge on any atom is -0.497 e. The van der Waals surface area contributed by atoms with Crippen molar-refractivity contribution >= 4 is 11.6 Å². The first kappa shape index (κ1) is 25.4. The van der Waals surface area contributed by atoms with Gasteiger partial charge in [-0.15, -0.1) is 0 Å². The van der Waals surface area contributed by atoms with Crippen molar-refractivity contribution in [1.29, 1.82) is 0 Å².